The highest BCUT2D eigenvalue weighted by atomic mass is 32.2. The van der Waals surface area contributed by atoms with E-state index in [1.54, 1.807) is 6.07 Å². The average molecular weight is 519 g/mol. The van der Waals surface area contributed by atoms with Crippen molar-refractivity contribution in [3.05, 3.63) is 35.4 Å². The van der Waals surface area contributed by atoms with Crippen LogP contribution in [-0.4, -0.2) is 58.4 Å². The summed E-state index contributed by atoms with van der Waals surface area (Å²) in [6.07, 6.45) is 13.5. The Hall–Kier alpha value is -1.14. The lowest BCUT2D eigenvalue weighted by atomic mass is 9.63. The van der Waals surface area contributed by atoms with E-state index in [1.165, 1.54) is 43.9 Å². The van der Waals surface area contributed by atoms with Crippen LogP contribution in [0.15, 0.2) is 18.2 Å². The van der Waals surface area contributed by atoms with E-state index in [2.05, 4.69) is 36.8 Å². The molecule has 3 aliphatic heterocycles. The molecule has 3 heterocycles. The predicted octanol–water partition coefficient (Wildman–Crippen LogP) is 6.86. The Kier molecular flexibility index (Phi) is 7.50. The monoisotopic (exact) mass is 518 g/mol. The SMILES string of the molecule is CSCC1(C2CCCCC2)CC2CCC(C1)N2C(=O)C1CN(C(C)(C)C)CC1c1ccc(F)cc1F. The molecule has 36 heavy (non-hydrogen) atoms. The summed E-state index contributed by atoms with van der Waals surface area (Å²) in [5.74, 6) is 0.602. The van der Waals surface area contributed by atoms with Crippen LogP contribution in [0.2, 0.25) is 0 Å². The summed E-state index contributed by atoms with van der Waals surface area (Å²) in [5, 5.41) is 0. The molecular weight excluding hydrogens is 474 g/mol. The van der Waals surface area contributed by atoms with Crippen LogP contribution < -0.4 is 0 Å². The maximum Gasteiger partial charge on any atom is 0.228 e. The number of piperidine rings is 1. The second kappa shape index (κ2) is 10.2. The largest absolute Gasteiger partial charge is 0.336 e. The molecule has 0 radical (unpaired) electrons. The topological polar surface area (TPSA) is 23.6 Å². The summed E-state index contributed by atoms with van der Waals surface area (Å²) in [6.45, 7) is 7.73. The Morgan fingerprint density at radius 2 is 1.69 bits per heavy atom. The molecule has 5 rings (SSSR count). The lowest BCUT2D eigenvalue weighted by Gasteiger charge is -2.52. The van der Waals surface area contributed by atoms with E-state index in [1.807, 2.05) is 11.8 Å². The standard InChI is InChI=1S/C30H44F2N2OS/c1-29(2,3)33-17-25(24-13-10-21(31)14-27(24)32)26(18-33)28(35)34-22-11-12-23(34)16-30(15-22,19-36-4)20-8-6-5-7-9-20/h10,13-14,20,22-23,25-26H,5-9,11-12,15-19H2,1-4H3. The molecular formula is C30H44F2N2OS. The normalized spacial score (nSPS) is 33.9. The number of likely N-dealkylation sites (tertiary alicyclic amines) is 1. The molecule has 0 N–H and O–H groups in total. The zero-order chi connectivity index (χ0) is 25.7. The van der Waals surface area contributed by atoms with Crippen molar-refractivity contribution in [2.75, 3.05) is 25.1 Å². The number of thioether (sulfide) groups is 1. The van der Waals surface area contributed by atoms with Gasteiger partial charge in [0.25, 0.3) is 0 Å². The van der Waals surface area contributed by atoms with E-state index in [4.69, 9.17) is 0 Å². The molecule has 4 atom stereocenters. The van der Waals surface area contributed by atoms with Gasteiger partial charge >= 0.3 is 0 Å². The van der Waals surface area contributed by atoms with Crippen molar-refractivity contribution >= 4 is 17.7 Å². The lowest BCUT2D eigenvalue weighted by molar-refractivity contribution is -0.143. The molecule has 4 unspecified atom stereocenters. The molecule has 1 aromatic rings. The van der Waals surface area contributed by atoms with Crippen LogP contribution in [0, 0.1) is 28.9 Å². The minimum Gasteiger partial charge on any atom is -0.336 e. The predicted molar refractivity (Wildman–Crippen MR) is 144 cm³/mol. The fraction of sp³-hybridized carbons (Fsp3) is 0.767. The molecule has 3 saturated heterocycles. The fourth-order valence-electron chi connectivity index (χ4n) is 8.23. The summed E-state index contributed by atoms with van der Waals surface area (Å²) in [5.41, 5.74) is 0.738. The molecule has 4 fully saturated rings. The first-order chi connectivity index (χ1) is 17.1. The van der Waals surface area contributed by atoms with Gasteiger partial charge in [-0.1, -0.05) is 25.3 Å². The van der Waals surface area contributed by atoms with Crippen LogP contribution in [-0.2, 0) is 4.79 Å². The van der Waals surface area contributed by atoms with Crippen LogP contribution in [0.25, 0.3) is 0 Å². The average Bonchev–Trinajstić information content (AvgIpc) is 3.39. The van der Waals surface area contributed by atoms with Gasteiger partial charge in [-0.05, 0) is 94.3 Å². The maximum absolute atomic E-state index is 15.0. The molecule has 2 bridgehead atoms. The van der Waals surface area contributed by atoms with Crippen molar-refractivity contribution in [1.29, 1.82) is 0 Å². The van der Waals surface area contributed by atoms with Crippen LogP contribution >= 0.6 is 11.8 Å². The first-order valence-corrected chi connectivity index (χ1v) is 15.5. The number of nitrogens with zero attached hydrogens (tertiary/aromatic N) is 2. The molecule has 4 aliphatic rings. The van der Waals surface area contributed by atoms with Gasteiger partial charge in [-0.25, -0.2) is 8.78 Å². The molecule has 1 aliphatic carbocycles. The van der Waals surface area contributed by atoms with Crippen molar-refractivity contribution in [1.82, 2.24) is 9.80 Å². The number of carbonyl (C=O) groups is 1. The molecule has 1 amide bonds. The number of hydrogen-bond donors (Lipinski definition) is 0. The summed E-state index contributed by atoms with van der Waals surface area (Å²) >= 11 is 1.99. The zero-order valence-corrected chi connectivity index (χ0v) is 23.4. The Balaban J connectivity index is 1.41. The lowest BCUT2D eigenvalue weighted by Crippen LogP contribution is -2.55. The van der Waals surface area contributed by atoms with Gasteiger partial charge in [0.15, 0.2) is 0 Å². The summed E-state index contributed by atoms with van der Waals surface area (Å²) in [4.78, 5) is 18.9. The third kappa shape index (κ3) is 4.86. The minimum absolute atomic E-state index is 0.112. The van der Waals surface area contributed by atoms with Gasteiger partial charge in [-0.2, -0.15) is 11.8 Å². The number of halogens is 2. The number of benzene rings is 1. The molecule has 6 heteroatoms. The molecule has 0 spiro atoms. The number of hydrogen-bond acceptors (Lipinski definition) is 3. The van der Waals surface area contributed by atoms with Crippen molar-refractivity contribution in [2.45, 2.75) is 102 Å². The maximum atomic E-state index is 15.0. The van der Waals surface area contributed by atoms with Crippen LogP contribution in [0.5, 0.6) is 0 Å². The Bertz CT molecular complexity index is 943. The van der Waals surface area contributed by atoms with E-state index >= 15 is 0 Å². The van der Waals surface area contributed by atoms with Crippen molar-refractivity contribution < 1.29 is 13.6 Å². The van der Waals surface area contributed by atoms with Crippen molar-refractivity contribution in [3.63, 3.8) is 0 Å². The number of amides is 1. The quantitative estimate of drug-likeness (QED) is 0.425. The first kappa shape index (κ1) is 26.5. The third-order valence-corrected chi connectivity index (χ3v) is 10.9. The first-order valence-electron chi connectivity index (χ1n) is 14.1. The van der Waals surface area contributed by atoms with E-state index in [9.17, 15) is 13.6 Å². The highest BCUT2D eigenvalue weighted by molar-refractivity contribution is 7.98. The second-order valence-electron chi connectivity index (χ2n) is 13.1. The molecule has 1 aromatic carbocycles. The van der Waals surface area contributed by atoms with E-state index < -0.39 is 11.6 Å². The van der Waals surface area contributed by atoms with Crippen LogP contribution in [0.1, 0.15) is 90.0 Å². The highest BCUT2D eigenvalue weighted by Crippen LogP contribution is 2.55. The summed E-state index contributed by atoms with van der Waals surface area (Å²) < 4.78 is 28.7. The second-order valence-corrected chi connectivity index (χ2v) is 14.0. The number of carbonyl (C=O) groups excluding carboxylic acids is 1. The Labute approximate surface area is 220 Å². The van der Waals surface area contributed by atoms with Gasteiger partial charge in [0.05, 0.1) is 5.92 Å². The molecule has 1 saturated carbocycles. The van der Waals surface area contributed by atoms with Gasteiger partial charge in [0, 0.05) is 42.7 Å². The third-order valence-electron chi connectivity index (χ3n) is 10.0. The minimum atomic E-state index is -0.563. The van der Waals surface area contributed by atoms with Gasteiger partial charge in [-0.15, -0.1) is 0 Å². The fourth-order valence-corrected chi connectivity index (χ4v) is 9.27. The number of rotatable bonds is 5. The van der Waals surface area contributed by atoms with Gasteiger partial charge in [0.2, 0.25) is 5.91 Å². The highest BCUT2D eigenvalue weighted by Gasteiger charge is 2.55. The zero-order valence-electron chi connectivity index (χ0n) is 22.6. The van der Waals surface area contributed by atoms with Gasteiger partial charge in [-0.3, -0.25) is 9.69 Å². The Morgan fingerprint density at radius 3 is 2.28 bits per heavy atom. The number of fused-ring (bicyclic) bond motifs is 2. The molecule has 3 nitrogen and oxygen atoms in total. The molecule has 200 valence electrons. The summed E-state index contributed by atoms with van der Waals surface area (Å²) in [6, 6.07) is 4.51. The van der Waals surface area contributed by atoms with Crippen molar-refractivity contribution in [3.8, 4) is 0 Å². The van der Waals surface area contributed by atoms with Crippen LogP contribution in [0.4, 0.5) is 8.78 Å². The van der Waals surface area contributed by atoms with E-state index in [0.29, 0.717) is 36.2 Å². The van der Waals surface area contributed by atoms with Crippen molar-refractivity contribution in [2.24, 2.45) is 17.3 Å². The molecule has 0 aromatic heterocycles. The smallest absolute Gasteiger partial charge is 0.228 e. The van der Waals surface area contributed by atoms with Gasteiger partial charge < -0.3 is 4.90 Å². The summed E-state index contributed by atoms with van der Waals surface area (Å²) in [7, 11) is 0. The van der Waals surface area contributed by atoms with E-state index in [-0.39, 0.29) is 23.3 Å². The Morgan fingerprint density at radius 1 is 1.03 bits per heavy atom. The van der Waals surface area contributed by atoms with E-state index in [0.717, 1.165) is 37.7 Å². The van der Waals surface area contributed by atoms with Gasteiger partial charge in [0.1, 0.15) is 11.6 Å². The van der Waals surface area contributed by atoms with Crippen LogP contribution in [0.3, 0.4) is 0 Å².